The van der Waals surface area contributed by atoms with Gasteiger partial charge < -0.3 is 14.2 Å². The molecule has 8 heteroatoms. The minimum absolute atomic E-state index is 0.0914. The van der Waals surface area contributed by atoms with E-state index in [9.17, 15) is 9.59 Å². The highest BCUT2D eigenvalue weighted by atomic mass is 16.5. The van der Waals surface area contributed by atoms with E-state index in [1.807, 2.05) is 0 Å². The molecule has 1 aliphatic rings. The molecule has 1 fully saturated rings. The maximum Gasteiger partial charge on any atom is 0.321 e. The van der Waals surface area contributed by atoms with Crippen LogP contribution in [0, 0.1) is 5.92 Å². The Labute approximate surface area is 115 Å². The number of hydrogen-bond acceptors (Lipinski definition) is 7. The molecule has 0 radical (unpaired) electrons. The van der Waals surface area contributed by atoms with E-state index in [1.165, 1.54) is 32.3 Å². The number of amides is 1. The number of ether oxygens (including phenoxy) is 3. The monoisotopic (exact) mass is 281 g/mol. The molecule has 1 saturated heterocycles. The number of carbonyl (C=O) groups is 2. The molecule has 2 heterocycles. The molecule has 0 aliphatic carbocycles. The molecule has 1 unspecified atom stereocenters. The minimum atomic E-state index is -0.487. The summed E-state index contributed by atoms with van der Waals surface area (Å²) in [5.74, 6) is -0.484. The quantitative estimate of drug-likeness (QED) is 0.718. The number of rotatable bonds is 4. The Bertz CT molecular complexity index is 512. The Hall–Kier alpha value is -2.38. The molecular formula is C12H15N3O5. The van der Waals surface area contributed by atoms with Crippen molar-refractivity contribution < 1.29 is 23.8 Å². The van der Waals surface area contributed by atoms with Gasteiger partial charge in [-0.05, 0) is 0 Å². The van der Waals surface area contributed by atoms with Crippen LogP contribution in [0.1, 0.15) is 6.42 Å². The summed E-state index contributed by atoms with van der Waals surface area (Å²) < 4.78 is 14.6. The van der Waals surface area contributed by atoms with Crippen molar-refractivity contribution in [1.82, 2.24) is 9.97 Å². The summed E-state index contributed by atoms with van der Waals surface area (Å²) in [6.07, 6.45) is 0.0985. The van der Waals surface area contributed by atoms with E-state index >= 15 is 0 Å². The predicted molar refractivity (Wildman–Crippen MR) is 67.6 cm³/mol. The average molecular weight is 281 g/mol. The van der Waals surface area contributed by atoms with Crippen molar-refractivity contribution in [1.29, 1.82) is 0 Å². The Morgan fingerprint density at radius 1 is 1.30 bits per heavy atom. The molecule has 1 atom stereocenters. The highest BCUT2D eigenvalue weighted by Gasteiger charge is 2.36. The van der Waals surface area contributed by atoms with Gasteiger partial charge in [-0.1, -0.05) is 0 Å². The first-order chi connectivity index (χ1) is 9.58. The summed E-state index contributed by atoms with van der Waals surface area (Å²) in [6, 6.07) is 1.61. The van der Waals surface area contributed by atoms with Crippen LogP contribution in [0.25, 0.3) is 0 Å². The molecule has 1 aromatic rings. The van der Waals surface area contributed by atoms with Crippen molar-refractivity contribution in [2.24, 2.45) is 5.92 Å². The van der Waals surface area contributed by atoms with Gasteiger partial charge in [0.15, 0.2) is 0 Å². The Morgan fingerprint density at radius 3 is 2.65 bits per heavy atom. The van der Waals surface area contributed by atoms with Crippen LogP contribution in [-0.2, 0) is 14.3 Å². The van der Waals surface area contributed by atoms with Crippen molar-refractivity contribution in [3.8, 4) is 11.9 Å². The summed E-state index contributed by atoms with van der Waals surface area (Å²) in [6.45, 7) is 0.217. The van der Waals surface area contributed by atoms with Crippen LogP contribution in [0.5, 0.6) is 11.9 Å². The number of methoxy groups -OCH3 is 3. The summed E-state index contributed by atoms with van der Waals surface area (Å²) in [5.41, 5.74) is 0. The number of carbonyl (C=O) groups excluding carboxylic acids is 2. The highest BCUT2D eigenvalue weighted by Crippen LogP contribution is 2.27. The number of anilines is 1. The Balaban J connectivity index is 2.27. The molecule has 108 valence electrons. The second-order valence-electron chi connectivity index (χ2n) is 4.18. The van der Waals surface area contributed by atoms with Gasteiger partial charge in [-0.3, -0.25) is 14.5 Å². The lowest BCUT2D eigenvalue weighted by atomic mass is 10.1. The van der Waals surface area contributed by atoms with Crippen molar-refractivity contribution in [2.45, 2.75) is 6.42 Å². The molecule has 1 aromatic heterocycles. The van der Waals surface area contributed by atoms with Crippen LogP contribution in [-0.4, -0.2) is 49.7 Å². The third-order valence-electron chi connectivity index (χ3n) is 3.00. The highest BCUT2D eigenvalue weighted by molar-refractivity contribution is 5.98. The molecule has 0 saturated carbocycles. The van der Waals surface area contributed by atoms with Gasteiger partial charge in [0.1, 0.15) is 5.82 Å². The first-order valence-electron chi connectivity index (χ1n) is 5.94. The lowest BCUT2D eigenvalue weighted by Crippen LogP contribution is -2.27. The van der Waals surface area contributed by atoms with Crippen molar-refractivity contribution in [2.75, 3.05) is 32.8 Å². The first-order valence-corrected chi connectivity index (χ1v) is 5.94. The van der Waals surface area contributed by atoms with Gasteiger partial charge in [0.2, 0.25) is 11.8 Å². The van der Waals surface area contributed by atoms with Gasteiger partial charge in [-0.25, -0.2) is 0 Å². The summed E-state index contributed by atoms with van der Waals surface area (Å²) >= 11 is 0. The third-order valence-corrected chi connectivity index (χ3v) is 3.00. The smallest absolute Gasteiger partial charge is 0.321 e. The van der Waals surface area contributed by atoms with Gasteiger partial charge >= 0.3 is 12.0 Å². The van der Waals surface area contributed by atoms with Gasteiger partial charge in [0, 0.05) is 19.0 Å². The van der Waals surface area contributed by atoms with E-state index in [0.717, 1.165) is 0 Å². The van der Waals surface area contributed by atoms with Crippen molar-refractivity contribution in [3.05, 3.63) is 6.07 Å². The molecule has 20 heavy (non-hydrogen) atoms. The van der Waals surface area contributed by atoms with Gasteiger partial charge in [-0.2, -0.15) is 9.97 Å². The van der Waals surface area contributed by atoms with Crippen LogP contribution >= 0.6 is 0 Å². The molecule has 2 rings (SSSR count). The fourth-order valence-electron chi connectivity index (χ4n) is 1.98. The van der Waals surface area contributed by atoms with E-state index in [-0.39, 0.29) is 30.8 Å². The zero-order chi connectivity index (χ0) is 14.7. The van der Waals surface area contributed by atoms with Crippen LogP contribution in [0.3, 0.4) is 0 Å². The normalized spacial score (nSPS) is 18.1. The first kappa shape index (κ1) is 14.0. The lowest BCUT2D eigenvalue weighted by Gasteiger charge is -2.16. The van der Waals surface area contributed by atoms with E-state index in [4.69, 9.17) is 9.47 Å². The molecule has 0 aromatic carbocycles. The van der Waals surface area contributed by atoms with E-state index < -0.39 is 11.9 Å². The predicted octanol–water partition coefficient (Wildman–Crippen LogP) is 0.0197. The lowest BCUT2D eigenvalue weighted by molar-refractivity contribution is -0.145. The molecule has 0 spiro atoms. The van der Waals surface area contributed by atoms with Crippen molar-refractivity contribution >= 4 is 17.7 Å². The van der Waals surface area contributed by atoms with Crippen LogP contribution < -0.4 is 14.4 Å². The third kappa shape index (κ3) is 2.63. The maximum absolute atomic E-state index is 12.0. The summed E-state index contributed by atoms with van der Waals surface area (Å²) in [5, 5.41) is 0. The number of hydrogen-bond donors (Lipinski definition) is 0. The van der Waals surface area contributed by atoms with Crippen LogP contribution in [0.2, 0.25) is 0 Å². The van der Waals surface area contributed by atoms with E-state index in [0.29, 0.717) is 5.82 Å². The maximum atomic E-state index is 12.0. The number of nitrogens with zero attached hydrogens (tertiary/aromatic N) is 3. The molecule has 0 N–H and O–H groups in total. The van der Waals surface area contributed by atoms with E-state index in [1.54, 1.807) is 0 Å². The summed E-state index contributed by atoms with van der Waals surface area (Å²) in [4.78, 5) is 32.9. The topological polar surface area (TPSA) is 90.9 Å². The fraction of sp³-hybridized carbons (Fsp3) is 0.500. The number of aromatic nitrogens is 2. The average Bonchev–Trinajstić information content (AvgIpc) is 2.87. The Morgan fingerprint density at radius 2 is 2.05 bits per heavy atom. The molecule has 8 nitrogen and oxygen atoms in total. The Kier molecular flexibility index (Phi) is 4.02. The molecule has 0 bridgehead atoms. The van der Waals surface area contributed by atoms with E-state index in [2.05, 4.69) is 14.7 Å². The SMILES string of the molecule is COC(=O)C1CC(=O)N(c2cc(OC)nc(OC)n2)C1. The largest absolute Gasteiger partial charge is 0.481 e. The molecular weight excluding hydrogens is 266 g/mol. The van der Waals surface area contributed by atoms with Crippen molar-refractivity contribution in [3.63, 3.8) is 0 Å². The standard InChI is InChI=1S/C12H15N3O5/c1-18-9-5-8(13-12(14-9)20-3)15-6-7(4-10(15)16)11(17)19-2/h5,7H,4,6H2,1-3H3. The number of esters is 1. The molecule has 1 aliphatic heterocycles. The second kappa shape index (κ2) is 5.72. The zero-order valence-corrected chi connectivity index (χ0v) is 11.5. The molecule has 1 amide bonds. The second-order valence-corrected chi connectivity index (χ2v) is 4.18. The van der Waals surface area contributed by atoms with Crippen LogP contribution in [0.15, 0.2) is 6.07 Å². The van der Waals surface area contributed by atoms with Gasteiger partial charge in [0.05, 0.1) is 27.2 Å². The van der Waals surface area contributed by atoms with Gasteiger partial charge in [0.25, 0.3) is 0 Å². The summed E-state index contributed by atoms with van der Waals surface area (Å²) in [7, 11) is 4.17. The zero-order valence-electron chi connectivity index (χ0n) is 11.5. The van der Waals surface area contributed by atoms with Gasteiger partial charge in [-0.15, -0.1) is 0 Å². The fourth-order valence-corrected chi connectivity index (χ4v) is 1.98. The minimum Gasteiger partial charge on any atom is -0.481 e. The van der Waals surface area contributed by atoms with Crippen LogP contribution in [0.4, 0.5) is 5.82 Å².